The first kappa shape index (κ1) is 76.7. The second-order valence-corrected chi connectivity index (χ2v) is 17.7. The Morgan fingerprint density at radius 3 is 1.09 bits per heavy atom. The van der Waals surface area contributed by atoms with Crippen molar-refractivity contribution in [3.8, 4) is 0 Å². The number of rotatable bonds is 6. The summed E-state index contributed by atoms with van der Waals surface area (Å²) in [6.45, 7) is 21.9. The fraction of sp³-hybridized carbons (Fsp3) is 0.387. The molecule has 0 fully saturated rings. The molecule has 7 aromatic rings. The van der Waals surface area contributed by atoms with Crippen LogP contribution in [0.15, 0.2) is 79.0 Å². The molecular formula is C62H73F18N. The normalized spacial score (nSPS) is 10.5. The van der Waals surface area contributed by atoms with E-state index in [4.69, 9.17) is 0 Å². The average Bonchev–Trinajstić information content (AvgIpc) is 3.86. The number of aromatic nitrogens is 1. The first-order valence-electron chi connectivity index (χ1n) is 25.5. The lowest BCUT2D eigenvalue weighted by molar-refractivity contribution is -0.138. The number of fused-ring (bicyclic) bond motifs is 1. The number of halogens is 18. The van der Waals surface area contributed by atoms with Crippen molar-refractivity contribution in [2.45, 2.75) is 161 Å². The van der Waals surface area contributed by atoms with Gasteiger partial charge in [0.2, 0.25) is 0 Å². The molecule has 0 saturated carbocycles. The van der Waals surface area contributed by atoms with Crippen LogP contribution < -0.4 is 0 Å². The van der Waals surface area contributed by atoms with Gasteiger partial charge in [-0.25, -0.2) is 52.7 Å². The van der Waals surface area contributed by atoms with E-state index < -0.39 is 121 Å². The van der Waals surface area contributed by atoms with Gasteiger partial charge in [-0.2, -0.15) is 26.3 Å². The Morgan fingerprint density at radius 1 is 0.370 bits per heavy atom. The number of benzene rings is 6. The van der Waals surface area contributed by atoms with E-state index >= 15 is 0 Å². The van der Waals surface area contributed by atoms with Crippen molar-refractivity contribution in [1.29, 1.82) is 0 Å². The minimum atomic E-state index is -4.23. The molecule has 6 aromatic carbocycles. The lowest BCUT2D eigenvalue weighted by Crippen LogP contribution is -2.05. The predicted molar refractivity (Wildman–Crippen MR) is 289 cm³/mol. The molecule has 0 aliphatic carbocycles. The molecule has 0 bridgehead atoms. The summed E-state index contributed by atoms with van der Waals surface area (Å²) in [6.07, 6.45) is 0.499. The topological polar surface area (TPSA) is 15.8 Å². The lowest BCUT2D eigenvalue weighted by Gasteiger charge is -2.09. The first-order valence-corrected chi connectivity index (χ1v) is 25.5. The third-order valence-electron chi connectivity index (χ3n) is 11.5. The highest BCUT2D eigenvalue weighted by atomic mass is 19.4. The van der Waals surface area contributed by atoms with Crippen LogP contribution in [0.25, 0.3) is 10.9 Å². The van der Waals surface area contributed by atoms with Crippen LogP contribution in [-0.4, -0.2) is 4.98 Å². The van der Waals surface area contributed by atoms with Crippen LogP contribution >= 0.6 is 0 Å². The van der Waals surface area contributed by atoms with Crippen molar-refractivity contribution in [3.63, 3.8) is 0 Å². The van der Waals surface area contributed by atoms with E-state index in [2.05, 4.69) is 70.1 Å². The smallest absolute Gasteiger partial charge is 0.361 e. The quantitative estimate of drug-likeness (QED) is 0.126. The third-order valence-corrected chi connectivity index (χ3v) is 11.5. The van der Waals surface area contributed by atoms with Crippen molar-refractivity contribution in [1.82, 2.24) is 4.98 Å². The number of alkyl halides is 6. The van der Waals surface area contributed by atoms with Gasteiger partial charge in [-0.15, -0.1) is 0 Å². The number of H-pyrrole nitrogens is 1. The molecule has 0 spiro atoms. The van der Waals surface area contributed by atoms with Crippen LogP contribution in [0.3, 0.4) is 0 Å². The lowest BCUT2D eigenvalue weighted by atomic mass is 10.0. The molecule has 0 amide bonds. The zero-order chi connectivity index (χ0) is 62.0. The molecule has 1 N–H and O–H groups in total. The molecule has 81 heavy (non-hydrogen) atoms. The van der Waals surface area contributed by atoms with Crippen molar-refractivity contribution >= 4 is 10.9 Å². The van der Waals surface area contributed by atoms with Gasteiger partial charge in [0.15, 0.2) is 69.8 Å². The molecule has 0 radical (unpaired) electrons. The van der Waals surface area contributed by atoms with E-state index in [0.29, 0.717) is 17.5 Å². The Kier molecular flexibility index (Phi) is 34.9. The van der Waals surface area contributed by atoms with Crippen LogP contribution in [0.4, 0.5) is 79.0 Å². The maximum Gasteiger partial charge on any atom is 0.416 e. The standard InChI is InChI=1S/C10H11F3.C10H11N.2C9H8F4.C8H7F3.C7H4F4.2C4H10.CH4/c1-3-8-4-7(2)5-9(6-8)10(11,12)13;1-2-8-7-11-10-6-4-3-5-9(8)10;2*1-3-5-8(12)6(10)4(2)7(11)9(5)13;1-6-3-2-4-7(5-6)8(9,10)11;1-3-6(10)4(8)2-5(9)7(3)11;2*1-3-4-2;/h4-6H,3H2,1-2H3;3-7,11H,2H2,1H3;2*3H2,1-2H3;2-5H,1H3;2H,1H3;2*3-4H2,1-2H3;1H4. The molecule has 0 saturated heterocycles. The number of hydrogen-bond acceptors (Lipinski definition) is 0. The minimum absolute atomic E-state index is 0. The highest BCUT2D eigenvalue weighted by Gasteiger charge is 2.31. The highest BCUT2D eigenvalue weighted by molar-refractivity contribution is 5.82. The van der Waals surface area contributed by atoms with Gasteiger partial charge in [0, 0.05) is 51.0 Å². The summed E-state index contributed by atoms with van der Waals surface area (Å²) in [5.74, 6) is -15.8. The number of para-hydroxylation sites is 1. The number of aromatic amines is 1. The van der Waals surface area contributed by atoms with Crippen molar-refractivity contribution in [2.24, 2.45) is 0 Å². The summed E-state index contributed by atoms with van der Waals surface area (Å²) in [5.41, 5.74) is 0.564. The maximum absolute atomic E-state index is 12.9. The number of nitrogens with one attached hydrogen (secondary N) is 1. The molecular weight excluding hydrogens is 1100 g/mol. The Balaban J connectivity index is 0. The third kappa shape index (κ3) is 23.9. The van der Waals surface area contributed by atoms with E-state index in [1.807, 2.05) is 6.92 Å². The van der Waals surface area contributed by atoms with E-state index in [1.165, 1.54) is 74.2 Å². The van der Waals surface area contributed by atoms with Crippen LogP contribution in [-0.2, 0) is 38.0 Å². The van der Waals surface area contributed by atoms with Crippen LogP contribution in [0, 0.1) is 104 Å². The van der Waals surface area contributed by atoms with E-state index in [-0.39, 0.29) is 26.3 Å². The van der Waals surface area contributed by atoms with Crippen molar-refractivity contribution < 1.29 is 79.0 Å². The summed E-state index contributed by atoms with van der Waals surface area (Å²) < 4.78 is 225. The van der Waals surface area contributed by atoms with Crippen molar-refractivity contribution in [3.05, 3.63) is 210 Å². The molecule has 1 nitrogen and oxygen atoms in total. The summed E-state index contributed by atoms with van der Waals surface area (Å²) in [7, 11) is 0. The number of hydrogen-bond donors (Lipinski definition) is 1. The summed E-state index contributed by atoms with van der Waals surface area (Å²) in [6, 6.07) is 17.9. The first-order chi connectivity index (χ1) is 37.2. The van der Waals surface area contributed by atoms with Gasteiger partial charge in [0.25, 0.3) is 0 Å². The van der Waals surface area contributed by atoms with Crippen LogP contribution in [0.1, 0.15) is 150 Å². The zero-order valence-electron chi connectivity index (χ0n) is 47.0. The zero-order valence-corrected chi connectivity index (χ0v) is 47.0. The van der Waals surface area contributed by atoms with E-state index in [0.717, 1.165) is 44.9 Å². The SMILES string of the molecule is C.CCCC.CCCC.CCc1c(F)c(F)c(C)c(F)c1F.CCc1c(F)c(F)c(C)c(F)c1F.CCc1c[nH]c2ccccc12.CCc1cc(C)cc(C(F)(F)F)c1.Cc1c(F)c(F)cc(F)c1F.Cc1cccc(C(F)(F)F)c1. The molecule has 0 unspecified atom stereocenters. The minimum Gasteiger partial charge on any atom is -0.361 e. The van der Waals surface area contributed by atoms with Gasteiger partial charge in [0.05, 0.1) is 11.1 Å². The van der Waals surface area contributed by atoms with Gasteiger partial charge < -0.3 is 4.98 Å². The molecule has 7 rings (SSSR count). The van der Waals surface area contributed by atoms with Gasteiger partial charge in [0.1, 0.15) is 0 Å². The molecule has 19 heteroatoms. The Morgan fingerprint density at radius 2 is 0.753 bits per heavy atom. The monoisotopic (exact) mass is 1170 g/mol. The number of aryl methyl sites for hydroxylation is 4. The molecule has 1 heterocycles. The van der Waals surface area contributed by atoms with E-state index in [1.54, 1.807) is 26.0 Å². The van der Waals surface area contributed by atoms with Crippen LogP contribution in [0.2, 0.25) is 0 Å². The maximum atomic E-state index is 12.9. The van der Waals surface area contributed by atoms with Gasteiger partial charge in [-0.05, 0) is 95.7 Å². The second-order valence-electron chi connectivity index (χ2n) is 17.7. The largest absolute Gasteiger partial charge is 0.416 e. The van der Waals surface area contributed by atoms with Gasteiger partial charge in [-0.1, -0.05) is 142 Å². The fourth-order valence-corrected chi connectivity index (χ4v) is 6.36. The van der Waals surface area contributed by atoms with Gasteiger partial charge >= 0.3 is 12.4 Å². The summed E-state index contributed by atoms with van der Waals surface area (Å²) >= 11 is 0. The summed E-state index contributed by atoms with van der Waals surface area (Å²) in [4.78, 5) is 3.24. The molecule has 1 aromatic heterocycles. The second kappa shape index (κ2) is 36.9. The van der Waals surface area contributed by atoms with Gasteiger partial charge in [-0.3, -0.25) is 0 Å². The predicted octanol–water partition coefficient (Wildman–Crippen LogP) is 22.3. The molecule has 0 aliphatic heterocycles. The fourth-order valence-electron chi connectivity index (χ4n) is 6.36. The number of unbranched alkanes of at least 4 members (excludes halogenated alkanes) is 2. The Hall–Kier alpha value is -6.40. The molecule has 0 atom stereocenters. The van der Waals surface area contributed by atoms with Crippen LogP contribution in [0.5, 0.6) is 0 Å². The van der Waals surface area contributed by atoms with Crippen molar-refractivity contribution in [2.75, 3.05) is 0 Å². The summed E-state index contributed by atoms with van der Waals surface area (Å²) in [5, 5.41) is 1.36. The highest BCUT2D eigenvalue weighted by Crippen LogP contribution is 2.32. The average molecular weight is 1170 g/mol. The molecule has 452 valence electrons. The molecule has 0 aliphatic rings. The van der Waals surface area contributed by atoms with E-state index in [9.17, 15) is 79.0 Å². The Labute approximate surface area is 464 Å². The Bertz CT molecular complexity index is 2830.